The lowest BCUT2D eigenvalue weighted by Crippen LogP contribution is -2.33. The van der Waals surface area contributed by atoms with Gasteiger partial charge in [-0.05, 0) is 13.3 Å². The van der Waals surface area contributed by atoms with Crippen LogP contribution in [0.1, 0.15) is 20.3 Å². The van der Waals surface area contributed by atoms with Crippen LogP contribution >= 0.6 is 0 Å². The predicted octanol–water partition coefficient (Wildman–Crippen LogP) is 0.495. The maximum Gasteiger partial charge on any atom is 0.322 e. The zero-order valence-corrected chi connectivity index (χ0v) is 10.6. The lowest BCUT2D eigenvalue weighted by Gasteiger charge is -2.21. The quantitative estimate of drug-likeness (QED) is 0.667. The van der Waals surface area contributed by atoms with Gasteiger partial charge in [-0.25, -0.2) is 0 Å². The van der Waals surface area contributed by atoms with E-state index in [4.69, 9.17) is 4.74 Å². The van der Waals surface area contributed by atoms with E-state index in [-0.39, 0.29) is 6.01 Å². The SMILES string of the molecule is CCC(C)(O)CNc1nc(NC)nc(OC)n1. The molecular formula is C10H19N5O2. The molecule has 1 rings (SSSR count). The van der Waals surface area contributed by atoms with Crippen LogP contribution in [0.5, 0.6) is 6.01 Å². The van der Waals surface area contributed by atoms with Crippen molar-refractivity contribution >= 4 is 11.9 Å². The fourth-order valence-electron chi connectivity index (χ4n) is 1.03. The molecule has 0 spiro atoms. The lowest BCUT2D eigenvalue weighted by molar-refractivity contribution is 0.0695. The third-order valence-electron chi connectivity index (χ3n) is 2.41. The number of methoxy groups -OCH3 is 1. The molecule has 1 aromatic heterocycles. The highest BCUT2D eigenvalue weighted by Crippen LogP contribution is 2.13. The van der Waals surface area contributed by atoms with E-state index in [9.17, 15) is 5.11 Å². The Balaban J connectivity index is 2.76. The summed E-state index contributed by atoms with van der Waals surface area (Å²) in [5.41, 5.74) is -0.792. The summed E-state index contributed by atoms with van der Waals surface area (Å²) in [7, 11) is 3.20. The Kier molecular flexibility index (Phi) is 4.45. The molecule has 0 radical (unpaired) electrons. The fraction of sp³-hybridized carbons (Fsp3) is 0.700. The fourth-order valence-corrected chi connectivity index (χ4v) is 1.03. The number of hydrogen-bond donors (Lipinski definition) is 3. The highest BCUT2D eigenvalue weighted by atomic mass is 16.5. The van der Waals surface area contributed by atoms with Gasteiger partial charge in [0.1, 0.15) is 0 Å². The van der Waals surface area contributed by atoms with E-state index in [1.807, 2.05) is 6.92 Å². The Bertz CT molecular complexity index is 347. The van der Waals surface area contributed by atoms with Gasteiger partial charge >= 0.3 is 6.01 Å². The summed E-state index contributed by atoms with van der Waals surface area (Å²) >= 11 is 0. The van der Waals surface area contributed by atoms with Gasteiger partial charge in [0.2, 0.25) is 11.9 Å². The highest BCUT2D eigenvalue weighted by molar-refractivity contribution is 5.35. The topological polar surface area (TPSA) is 92.2 Å². The van der Waals surface area contributed by atoms with E-state index in [1.165, 1.54) is 7.11 Å². The third kappa shape index (κ3) is 4.03. The molecule has 1 unspecified atom stereocenters. The molecule has 7 nitrogen and oxygen atoms in total. The van der Waals surface area contributed by atoms with Crippen molar-refractivity contribution in [2.24, 2.45) is 0 Å². The van der Waals surface area contributed by atoms with Crippen LogP contribution in [0.3, 0.4) is 0 Å². The molecular weight excluding hydrogens is 222 g/mol. The normalized spacial score (nSPS) is 13.9. The first-order chi connectivity index (χ1) is 8.00. The maximum atomic E-state index is 9.86. The van der Waals surface area contributed by atoms with Gasteiger partial charge in [-0.3, -0.25) is 0 Å². The number of rotatable bonds is 6. The summed E-state index contributed by atoms with van der Waals surface area (Å²) in [5, 5.41) is 15.6. The summed E-state index contributed by atoms with van der Waals surface area (Å²) < 4.78 is 4.95. The van der Waals surface area contributed by atoms with E-state index in [0.717, 1.165) is 0 Å². The molecule has 0 aliphatic carbocycles. The molecule has 3 N–H and O–H groups in total. The molecule has 1 heterocycles. The average molecular weight is 241 g/mol. The van der Waals surface area contributed by atoms with Crippen LogP contribution in [0.25, 0.3) is 0 Å². The summed E-state index contributed by atoms with van der Waals surface area (Å²) in [6.07, 6.45) is 0.640. The lowest BCUT2D eigenvalue weighted by atomic mass is 10.0. The summed E-state index contributed by atoms with van der Waals surface area (Å²) in [4.78, 5) is 12.1. The molecule has 0 aliphatic heterocycles. The van der Waals surface area contributed by atoms with Crippen molar-refractivity contribution < 1.29 is 9.84 Å². The Morgan fingerprint density at radius 2 is 1.94 bits per heavy atom. The number of aliphatic hydroxyl groups is 1. The second-order valence-electron chi connectivity index (χ2n) is 3.92. The standard InChI is InChI=1S/C10H19N5O2/c1-5-10(2,16)6-12-8-13-7(11-3)14-9(15-8)17-4/h16H,5-6H2,1-4H3,(H2,11,12,13,14,15). The number of hydrogen-bond acceptors (Lipinski definition) is 7. The van der Waals surface area contributed by atoms with Crippen LogP contribution in [0.2, 0.25) is 0 Å². The largest absolute Gasteiger partial charge is 0.467 e. The van der Waals surface area contributed by atoms with Crippen LogP contribution in [0.15, 0.2) is 0 Å². The van der Waals surface area contributed by atoms with Crippen LogP contribution in [-0.2, 0) is 0 Å². The second kappa shape index (κ2) is 5.62. The Morgan fingerprint density at radius 1 is 1.29 bits per heavy atom. The number of nitrogens with one attached hydrogen (secondary N) is 2. The summed E-state index contributed by atoms with van der Waals surface area (Å²) in [6.45, 7) is 4.02. The van der Waals surface area contributed by atoms with Crippen LogP contribution in [-0.4, -0.2) is 46.4 Å². The van der Waals surface area contributed by atoms with E-state index in [0.29, 0.717) is 24.9 Å². The van der Waals surface area contributed by atoms with Gasteiger partial charge in [0.15, 0.2) is 0 Å². The molecule has 0 aromatic carbocycles. The minimum atomic E-state index is -0.792. The van der Waals surface area contributed by atoms with Gasteiger partial charge in [-0.15, -0.1) is 0 Å². The van der Waals surface area contributed by atoms with Crippen molar-refractivity contribution in [3.63, 3.8) is 0 Å². The first-order valence-corrected chi connectivity index (χ1v) is 5.45. The monoisotopic (exact) mass is 241 g/mol. The zero-order chi connectivity index (χ0) is 12.9. The Morgan fingerprint density at radius 3 is 2.47 bits per heavy atom. The van der Waals surface area contributed by atoms with Gasteiger partial charge in [-0.1, -0.05) is 6.92 Å². The van der Waals surface area contributed by atoms with Gasteiger partial charge in [-0.2, -0.15) is 15.0 Å². The van der Waals surface area contributed by atoms with Gasteiger partial charge < -0.3 is 20.5 Å². The molecule has 0 saturated carbocycles. The van der Waals surface area contributed by atoms with Crippen molar-refractivity contribution in [3.8, 4) is 6.01 Å². The molecule has 1 aromatic rings. The van der Waals surface area contributed by atoms with Gasteiger partial charge in [0.05, 0.1) is 12.7 Å². The number of nitrogens with zero attached hydrogens (tertiary/aromatic N) is 3. The van der Waals surface area contributed by atoms with Crippen molar-refractivity contribution in [3.05, 3.63) is 0 Å². The first kappa shape index (κ1) is 13.4. The minimum absolute atomic E-state index is 0.225. The molecule has 17 heavy (non-hydrogen) atoms. The smallest absolute Gasteiger partial charge is 0.322 e. The number of aromatic nitrogens is 3. The number of ether oxygens (including phenoxy) is 1. The third-order valence-corrected chi connectivity index (χ3v) is 2.41. The highest BCUT2D eigenvalue weighted by Gasteiger charge is 2.18. The van der Waals surface area contributed by atoms with E-state index < -0.39 is 5.60 Å². The molecule has 0 saturated heterocycles. The molecule has 0 amide bonds. The van der Waals surface area contributed by atoms with Crippen molar-refractivity contribution in [1.29, 1.82) is 0 Å². The van der Waals surface area contributed by atoms with Gasteiger partial charge in [0.25, 0.3) is 0 Å². The van der Waals surface area contributed by atoms with Gasteiger partial charge in [0, 0.05) is 13.6 Å². The Hall–Kier alpha value is -1.63. The predicted molar refractivity (Wildman–Crippen MR) is 65.3 cm³/mol. The summed E-state index contributed by atoms with van der Waals surface area (Å²) in [6, 6.07) is 0.225. The van der Waals surface area contributed by atoms with Crippen LogP contribution < -0.4 is 15.4 Å². The molecule has 1 atom stereocenters. The zero-order valence-electron chi connectivity index (χ0n) is 10.6. The van der Waals surface area contributed by atoms with E-state index >= 15 is 0 Å². The first-order valence-electron chi connectivity index (χ1n) is 5.45. The molecule has 0 aliphatic rings. The van der Waals surface area contributed by atoms with Crippen LogP contribution in [0, 0.1) is 0 Å². The molecule has 96 valence electrons. The van der Waals surface area contributed by atoms with Crippen molar-refractivity contribution in [1.82, 2.24) is 15.0 Å². The molecule has 7 heteroatoms. The Labute approximate surface area is 101 Å². The van der Waals surface area contributed by atoms with E-state index in [1.54, 1.807) is 14.0 Å². The number of anilines is 2. The van der Waals surface area contributed by atoms with Crippen molar-refractivity contribution in [2.45, 2.75) is 25.9 Å². The molecule has 0 fully saturated rings. The average Bonchev–Trinajstić information content (AvgIpc) is 2.36. The van der Waals surface area contributed by atoms with E-state index in [2.05, 4.69) is 25.6 Å². The minimum Gasteiger partial charge on any atom is -0.467 e. The van der Waals surface area contributed by atoms with Crippen molar-refractivity contribution in [2.75, 3.05) is 31.3 Å². The van der Waals surface area contributed by atoms with Crippen LogP contribution in [0.4, 0.5) is 11.9 Å². The maximum absolute atomic E-state index is 9.86. The summed E-state index contributed by atoms with van der Waals surface area (Å²) in [5.74, 6) is 0.783. The second-order valence-corrected chi connectivity index (χ2v) is 3.92. The molecule has 0 bridgehead atoms.